The van der Waals surface area contributed by atoms with E-state index in [1.807, 2.05) is 13.0 Å². The van der Waals surface area contributed by atoms with E-state index < -0.39 is 0 Å². The molecule has 16 heavy (non-hydrogen) atoms. The molecule has 3 heteroatoms. The molecule has 0 amide bonds. The number of likely N-dealkylation sites (N-methyl/N-ethyl adjacent to an activating group) is 1. The number of nitrogens with zero attached hydrogens (tertiary/aromatic N) is 1. The fraction of sp³-hybridized carbons (Fsp3) is 0.692. The Balaban J connectivity index is 2.48. The Morgan fingerprint density at radius 1 is 1.44 bits per heavy atom. The second-order valence-electron chi connectivity index (χ2n) is 5.67. The van der Waals surface area contributed by atoms with Gasteiger partial charge in [-0.3, -0.25) is 0 Å². The average molecular weight is 224 g/mol. The molecule has 3 nitrogen and oxygen atoms in total. The monoisotopic (exact) mass is 224 g/mol. The molecule has 92 valence electrons. The van der Waals surface area contributed by atoms with E-state index in [4.69, 9.17) is 10.2 Å². The molecule has 0 aliphatic carbocycles. The summed E-state index contributed by atoms with van der Waals surface area (Å²) in [5.41, 5.74) is 7.55. The van der Waals surface area contributed by atoms with Crippen molar-refractivity contribution in [1.82, 2.24) is 4.90 Å². The Labute approximate surface area is 98.6 Å². The van der Waals surface area contributed by atoms with Crippen LogP contribution >= 0.6 is 0 Å². The first-order chi connectivity index (χ1) is 7.30. The standard InChI is InChI=1S/C13H24N2O/c1-10-11(6-7-16-10)8-15(5)9-12(14)13(2,3)4/h6-7,12H,8-9,14H2,1-5H3. The number of furan rings is 1. The summed E-state index contributed by atoms with van der Waals surface area (Å²) in [4.78, 5) is 2.24. The molecule has 0 radical (unpaired) electrons. The Morgan fingerprint density at radius 3 is 2.50 bits per heavy atom. The lowest BCUT2D eigenvalue weighted by Crippen LogP contribution is -2.43. The molecule has 0 spiro atoms. The van der Waals surface area contributed by atoms with Crippen molar-refractivity contribution in [3.63, 3.8) is 0 Å². The minimum Gasteiger partial charge on any atom is -0.469 e. The van der Waals surface area contributed by atoms with Gasteiger partial charge >= 0.3 is 0 Å². The van der Waals surface area contributed by atoms with Crippen molar-refractivity contribution >= 4 is 0 Å². The summed E-state index contributed by atoms with van der Waals surface area (Å²) < 4.78 is 5.28. The van der Waals surface area contributed by atoms with Crippen LogP contribution in [-0.2, 0) is 6.54 Å². The summed E-state index contributed by atoms with van der Waals surface area (Å²) >= 11 is 0. The molecule has 2 N–H and O–H groups in total. The van der Waals surface area contributed by atoms with E-state index in [1.165, 1.54) is 5.56 Å². The third-order valence-corrected chi connectivity index (χ3v) is 3.03. The van der Waals surface area contributed by atoms with Gasteiger partial charge in [-0.05, 0) is 25.5 Å². The quantitative estimate of drug-likeness (QED) is 0.854. The molecule has 1 aromatic heterocycles. The first-order valence-electron chi connectivity index (χ1n) is 5.78. The molecule has 0 fully saturated rings. The minimum absolute atomic E-state index is 0.152. The molecule has 1 atom stereocenters. The highest BCUT2D eigenvalue weighted by Crippen LogP contribution is 2.19. The maximum Gasteiger partial charge on any atom is 0.105 e. The van der Waals surface area contributed by atoms with Gasteiger partial charge in [-0.2, -0.15) is 0 Å². The van der Waals surface area contributed by atoms with Gasteiger partial charge in [0.05, 0.1) is 6.26 Å². The van der Waals surface area contributed by atoms with Crippen molar-refractivity contribution < 1.29 is 4.42 Å². The van der Waals surface area contributed by atoms with E-state index in [0.717, 1.165) is 18.8 Å². The maximum absolute atomic E-state index is 6.15. The molecule has 0 bridgehead atoms. The third kappa shape index (κ3) is 3.65. The summed E-state index contributed by atoms with van der Waals surface area (Å²) in [5, 5.41) is 0. The van der Waals surface area contributed by atoms with Crippen molar-refractivity contribution in [2.75, 3.05) is 13.6 Å². The average Bonchev–Trinajstić information content (AvgIpc) is 2.50. The first-order valence-corrected chi connectivity index (χ1v) is 5.78. The topological polar surface area (TPSA) is 42.4 Å². The van der Waals surface area contributed by atoms with Crippen LogP contribution in [0.2, 0.25) is 0 Å². The van der Waals surface area contributed by atoms with Crippen molar-refractivity contribution in [2.24, 2.45) is 11.1 Å². The Morgan fingerprint density at radius 2 is 2.06 bits per heavy atom. The smallest absolute Gasteiger partial charge is 0.105 e. The molecule has 1 aromatic rings. The highest BCUT2D eigenvalue weighted by molar-refractivity contribution is 5.15. The summed E-state index contributed by atoms with van der Waals surface area (Å²) in [7, 11) is 2.10. The van der Waals surface area contributed by atoms with E-state index in [2.05, 4.69) is 32.7 Å². The zero-order valence-electron chi connectivity index (χ0n) is 11.1. The molecule has 0 aromatic carbocycles. The van der Waals surface area contributed by atoms with Gasteiger partial charge in [0.2, 0.25) is 0 Å². The summed E-state index contributed by atoms with van der Waals surface area (Å²) in [6.45, 7) is 10.3. The predicted molar refractivity (Wildman–Crippen MR) is 67.2 cm³/mol. The molecule has 0 aliphatic rings. The maximum atomic E-state index is 6.15. The second kappa shape index (κ2) is 5.02. The van der Waals surface area contributed by atoms with Crippen LogP contribution in [0, 0.1) is 12.3 Å². The van der Waals surface area contributed by atoms with Crippen LogP contribution in [0.5, 0.6) is 0 Å². The van der Waals surface area contributed by atoms with Crippen LogP contribution in [0.15, 0.2) is 16.7 Å². The van der Waals surface area contributed by atoms with Crippen molar-refractivity contribution in [3.8, 4) is 0 Å². The van der Waals surface area contributed by atoms with Crippen molar-refractivity contribution in [2.45, 2.75) is 40.3 Å². The van der Waals surface area contributed by atoms with Crippen LogP contribution in [0.25, 0.3) is 0 Å². The number of nitrogens with two attached hydrogens (primary N) is 1. The number of rotatable bonds is 4. The highest BCUT2D eigenvalue weighted by atomic mass is 16.3. The molecule has 1 unspecified atom stereocenters. The highest BCUT2D eigenvalue weighted by Gasteiger charge is 2.22. The SMILES string of the molecule is Cc1occc1CN(C)CC(N)C(C)(C)C. The molecule has 1 heterocycles. The van der Waals surface area contributed by atoms with E-state index in [9.17, 15) is 0 Å². The summed E-state index contributed by atoms with van der Waals surface area (Å²) in [6.07, 6.45) is 1.74. The predicted octanol–water partition coefficient (Wildman–Crippen LogP) is 2.39. The van der Waals surface area contributed by atoms with Gasteiger partial charge in [-0.25, -0.2) is 0 Å². The molecule has 0 saturated carbocycles. The molecule has 0 aliphatic heterocycles. The lowest BCUT2D eigenvalue weighted by Gasteiger charge is -2.30. The van der Waals surface area contributed by atoms with Gasteiger partial charge in [0, 0.05) is 24.7 Å². The van der Waals surface area contributed by atoms with Crippen LogP contribution in [0.4, 0.5) is 0 Å². The van der Waals surface area contributed by atoms with Crippen LogP contribution < -0.4 is 5.73 Å². The van der Waals surface area contributed by atoms with Crippen molar-refractivity contribution in [1.29, 1.82) is 0 Å². The number of hydrogen-bond acceptors (Lipinski definition) is 3. The Kier molecular flexibility index (Phi) is 4.16. The van der Waals surface area contributed by atoms with Crippen LogP contribution in [0.1, 0.15) is 32.1 Å². The van der Waals surface area contributed by atoms with Gasteiger partial charge in [-0.15, -0.1) is 0 Å². The third-order valence-electron chi connectivity index (χ3n) is 3.03. The van der Waals surface area contributed by atoms with E-state index >= 15 is 0 Å². The summed E-state index contributed by atoms with van der Waals surface area (Å²) in [6, 6.07) is 2.21. The van der Waals surface area contributed by atoms with Gasteiger partial charge < -0.3 is 15.1 Å². The second-order valence-corrected chi connectivity index (χ2v) is 5.67. The minimum atomic E-state index is 0.152. The van der Waals surface area contributed by atoms with Gasteiger partial charge in [0.1, 0.15) is 5.76 Å². The molecular formula is C13H24N2O. The first kappa shape index (κ1) is 13.3. The van der Waals surface area contributed by atoms with Gasteiger partial charge in [-0.1, -0.05) is 20.8 Å². The van der Waals surface area contributed by atoms with Crippen LogP contribution in [0.3, 0.4) is 0 Å². The van der Waals surface area contributed by atoms with Crippen molar-refractivity contribution in [3.05, 3.63) is 23.7 Å². The van der Waals surface area contributed by atoms with E-state index in [1.54, 1.807) is 6.26 Å². The number of aryl methyl sites for hydroxylation is 1. The fourth-order valence-corrected chi connectivity index (χ4v) is 1.54. The van der Waals surface area contributed by atoms with E-state index in [0.29, 0.717) is 0 Å². The zero-order valence-corrected chi connectivity index (χ0v) is 11.1. The fourth-order valence-electron chi connectivity index (χ4n) is 1.54. The van der Waals surface area contributed by atoms with Gasteiger partial charge in [0.15, 0.2) is 0 Å². The Bertz CT molecular complexity index is 325. The normalized spacial score (nSPS) is 14.4. The molecular weight excluding hydrogens is 200 g/mol. The lowest BCUT2D eigenvalue weighted by atomic mass is 9.87. The van der Waals surface area contributed by atoms with Gasteiger partial charge in [0.25, 0.3) is 0 Å². The molecule has 1 rings (SSSR count). The number of hydrogen-bond donors (Lipinski definition) is 1. The van der Waals surface area contributed by atoms with Crippen LogP contribution in [-0.4, -0.2) is 24.5 Å². The Hall–Kier alpha value is -0.800. The summed E-state index contributed by atoms with van der Waals surface area (Å²) in [5.74, 6) is 0.996. The molecule has 0 saturated heterocycles. The zero-order chi connectivity index (χ0) is 12.3. The lowest BCUT2D eigenvalue weighted by molar-refractivity contribution is 0.221. The largest absolute Gasteiger partial charge is 0.469 e. The van der Waals surface area contributed by atoms with E-state index in [-0.39, 0.29) is 11.5 Å².